The van der Waals surface area contributed by atoms with E-state index in [0.717, 1.165) is 13.0 Å². The normalized spacial score (nSPS) is 39.5. The molecule has 2 heteroatoms. The quantitative estimate of drug-likeness (QED) is 0.617. The van der Waals surface area contributed by atoms with Gasteiger partial charge in [-0.3, -0.25) is 0 Å². The maximum atomic E-state index is 13.4. The van der Waals surface area contributed by atoms with Gasteiger partial charge in [-0.15, -0.1) is 0 Å². The summed E-state index contributed by atoms with van der Waals surface area (Å²) in [7, 11) is 0. The molecule has 2 atom stereocenters. The van der Waals surface area contributed by atoms with E-state index in [2.05, 4.69) is 19.2 Å². The minimum atomic E-state index is -0.979. The number of alkyl halides is 1. The number of hydrogen-bond donors (Lipinski definition) is 1. The molecule has 1 unspecified atom stereocenters. The summed E-state index contributed by atoms with van der Waals surface area (Å²) in [5, 5.41) is 3.13. The van der Waals surface area contributed by atoms with Gasteiger partial charge in [-0.1, -0.05) is 13.8 Å². The average molecular weight is 159 g/mol. The minimum Gasteiger partial charge on any atom is -0.313 e. The predicted octanol–water partition coefficient (Wildman–Crippen LogP) is 1.98. The van der Waals surface area contributed by atoms with E-state index in [1.54, 1.807) is 6.92 Å². The number of hydrogen-bond acceptors (Lipinski definition) is 1. The molecule has 0 aromatic rings. The second-order valence-corrected chi connectivity index (χ2v) is 4.25. The van der Waals surface area contributed by atoms with Gasteiger partial charge in [-0.25, -0.2) is 4.39 Å². The highest BCUT2D eigenvalue weighted by Gasteiger charge is 2.32. The molecule has 0 spiro atoms. The summed E-state index contributed by atoms with van der Waals surface area (Å²) in [5.74, 6) is 1.11. The van der Waals surface area contributed by atoms with Crippen molar-refractivity contribution in [1.82, 2.24) is 5.32 Å². The van der Waals surface area contributed by atoms with E-state index in [-0.39, 0.29) is 0 Å². The van der Waals surface area contributed by atoms with Crippen LogP contribution in [0.5, 0.6) is 0 Å². The summed E-state index contributed by atoms with van der Waals surface area (Å²) in [4.78, 5) is 0. The lowest BCUT2D eigenvalue weighted by Gasteiger charge is -2.34. The zero-order valence-corrected chi connectivity index (χ0v) is 7.65. The van der Waals surface area contributed by atoms with Crippen LogP contribution in [0.15, 0.2) is 0 Å². The van der Waals surface area contributed by atoms with Crippen LogP contribution in [0, 0.1) is 11.8 Å². The number of piperidine rings is 1. The molecule has 0 aliphatic carbocycles. The number of halogens is 1. The van der Waals surface area contributed by atoms with Crippen molar-refractivity contribution in [3.05, 3.63) is 0 Å². The molecule has 1 saturated heterocycles. The van der Waals surface area contributed by atoms with E-state index in [4.69, 9.17) is 0 Å². The predicted molar refractivity (Wildman–Crippen MR) is 45.3 cm³/mol. The third-order valence-electron chi connectivity index (χ3n) is 2.53. The van der Waals surface area contributed by atoms with E-state index in [1.165, 1.54) is 0 Å². The van der Waals surface area contributed by atoms with Crippen LogP contribution in [0.4, 0.5) is 4.39 Å². The van der Waals surface area contributed by atoms with Gasteiger partial charge in [-0.05, 0) is 31.7 Å². The topological polar surface area (TPSA) is 12.0 Å². The minimum absolute atomic E-state index is 0.513. The Morgan fingerprint density at radius 3 is 2.55 bits per heavy atom. The van der Waals surface area contributed by atoms with E-state index < -0.39 is 5.67 Å². The fourth-order valence-electron chi connectivity index (χ4n) is 1.68. The maximum absolute atomic E-state index is 13.4. The second kappa shape index (κ2) is 3.10. The summed E-state index contributed by atoms with van der Waals surface area (Å²) in [6, 6.07) is 0. The molecule has 0 amide bonds. The molecule has 1 rings (SSSR count). The second-order valence-electron chi connectivity index (χ2n) is 4.25. The van der Waals surface area contributed by atoms with Crippen LogP contribution < -0.4 is 5.32 Å². The lowest BCUT2D eigenvalue weighted by molar-refractivity contribution is 0.0925. The number of nitrogens with one attached hydrogen (secondary N) is 1. The third kappa shape index (κ3) is 2.44. The van der Waals surface area contributed by atoms with Crippen molar-refractivity contribution in [1.29, 1.82) is 0 Å². The molecule has 0 saturated carbocycles. The van der Waals surface area contributed by atoms with Gasteiger partial charge in [-0.2, -0.15) is 0 Å². The van der Waals surface area contributed by atoms with Crippen LogP contribution in [0.3, 0.4) is 0 Å². The monoisotopic (exact) mass is 159 g/mol. The average Bonchev–Trinajstić information content (AvgIpc) is 1.85. The van der Waals surface area contributed by atoms with Gasteiger partial charge in [0.15, 0.2) is 0 Å². The van der Waals surface area contributed by atoms with Crippen molar-refractivity contribution in [3.8, 4) is 0 Å². The van der Waals surface area contributed by atoms with Crippen molar-refractivity contribution < 1.29 is 4.39 Å². The van der Waals surface area contributed by atoms with Gasteiger partial charge in [0, 0.05) is 6.54 Å². The van der Waals surface area contributed by atoms with Crippen molar-refractivity contribution in [2.75, 3.05) is 13.1 Å². The first-order valence-electron chi connectivity index (χ1n) is 4.41. The van der Waals surface area contributed by atoms with Gasteiger partial charge in [0.1, 0.15) is 5.67 Å². The molecule has 11 heavy (non-hydrogen) atoms. The van der Waals surface area contributed by atoms with Gasteiger partial charge in [0.2, 0.25) is 0 Å². The molecule has 1 heterocycles. The van der Waals surface area contributed by atoms with Crippen molar-refractivity contribution in [3.63, 3.8) is 0 Å². The van der Waals surface area contributed by atoms with Gasteiger partial charge >= 0.3 is 0 Å². The van der Waals surface area contributed by atoms with Crippen molar-refractivity contribution in [2.24, 2.45) is 11.8 Å². The summed E-state index contributed by atoms with van der Waals surface area (Å²) in [6.45, 7) is 7.52. The smallest absolute Gasteiger partial charge is 0.121 e. The number of rotatable bonds is 1. The SMILES string of the molecule is CC(C)C1CNC[C@@](C)(F)C1. The van der Waals surface area contributed by atoms with Gasteiger partial charge in [0.25, 0.3) is 0 Å². The highest BCUT2D eigenvalue weighted by atomic mass is 19.1. The Morgan fingerprint density at radius 1 is 1.55 bits per heavy atom. The Balaban J connectivity index is 2.46. The van der Waals surface area contributed by atoms with E-state index in [0.29, 0.717) is 18.4 Å². The first kappa shape index (κ1) is 8.98. The van der Waals surface area contributed by atoms with E-state index in [9.17, 15) is 4.39 Å². The Bertz CT molecular complexity index is 132. The maximum Gasteiger partial charge on any atom is 0.121 e. The standard InChI is InChI=1S/C9H18FN/c1-7(2)8-4-9(3,10)6-11-5-8/h7-8,11H,4-6H2,1-3H3/t8?,9-/m0/s1. The third-order valence-corrected chi connectivity index (χ3v) is 2.53. The van der Waals surface area contributed by atoms with E-state index in [1.807, 2.05) is 0 Å². The first-order valence-corrected chi connectivity index (χ1v) is 4.41. The summed E-state index contributed by atoms with van der Waals surface area (Å²) in [5.41, 5.74) is -0.979. The molecule has 0 aromatic carbocycles. The fourth-order valence-corrected chi connectivity index (χ4v) is 1.68. The molecule has 66 valence electrons. The van der Waals surface area contributed by atoms with Gasteiger partial charge < -0.3 is 5.32 Å². The molecular formula is C9H18FN. The van der Waals surface area contributed by atoms with Crippen LogP contribution >= 0.6 is 0 Å². The largest absolute Gasteiger partial charge is 0.313 e. The van der Waals surface area contributed by atoms with Gasteiger partial charge in [0.05, 0.1) is 0 Å². The van der Waals surface area contributed by atoms with Crippen LogP contribution in [-0.4, -0.2) is 18.8 Å². The molecule has 0 radical (unpaired) electrons. The van der Waals surface area contributed by atoms with Crippen molar-refractivity contribution in [2.45, 2.75) is 32.9 Å². The first-order chi connectivity index (χ1) is 5.01. The van der Waals surface area contributed by atoms with E-state index >= 15 is 0 Å². The molecule has 0 aromatic heterocycles. The highest BCUT2D eigenvalue weighted by Crippen LogP contribution is 2.28. The summed E-state index contributed by atoms with van der Waals surface area (Å²) < 4.78 is 13.4. The molecular weight excluding hydrogens is 141 g/mol. The Hall–Kier alpha value is -0.110. The molecule has 1 nitrogen and oxygen atoms in total. The van der Waals surface area contributed by atoms with Crippen molar-refractivity contribution >= 4 is 0 Å². The Kier molecular flexibility index (Phi) is 2.53. The fraction of sp³-hybridized carbons (Fsp3) is 1.00. The molecule has 1 aliphatic heterocycles. The van der Waals surface area contributed by atoms with Crippen LogP contribution in [-0.2, 0) is 0 Å². The summed E-state index contributed by atoms with van der Waals surface area (Å²) >= 11 is 0. The Labute approximate surface area is 68.4 Å². The molecule has 1 N–H and O–H groups in total. The molecule has 0 bridgehead atoms. The van der Waals surface area contributed by atoms with Crippen LogP contribution in [0.2, 0.25) is 0 Å². The lowest BCUT2D eigenvalue weighted by Crippen LogP contribution is -2.46. The lowest BCUT2D eigenvalue weighted by atomic mass is 9.83. The van der Waals surface area contributed by atoms with Crippen LogP contribution in [0.1, 0.15) is 27.2 Å². The zero-order valence-electron chi connectivity index (χ0n) is 7.65. The Morgan fingerprint density at radius 2 is 2.18 bits per heavy atom. The summed E-state index contributed by atoms with van der Waals surface area (Å²) in [6.07, 6.45) is 0.720. The molecule has 1 fully saturated rings. The van der Waals surface area contributed by atoms with Crippen LogP contribution in [0.25, 0.3) is 0 Å². The highest BCUT2D eigenvalue weighted by molar-refractivity contribution is 4.86. The zero-order chi connectivity index (χ0) is 8.48. The molecule has 1 aliphatic rings.